The van der Waals surface area contributed by atoms with Gasteiger partial charge in [0.1, 0.15) is 0 Å². The fourth-order valence-corrected chi connectivity index (χ4v) is 3.78. The molecule has 0 bridgehead atoms. The van der Waals surface area contributed by atoms with Gasteiger partial charge in [-0.15, -0.1) is 0 Å². The van der Waals surface area contributed by atoms with E-state index in [9.17, 15) is 4.79 Å². The van der Waals surface area contributed by atoms with Crippen molar-refractivity contribution >= 4 is 5.91 Å². The molecule has 2 aliphatic heterocycles. The normalized spacial score (nSPS) is 23.0. The predicted molar refractivity (Wildman–Crippen MR) is 93.2 cm³/mol. The number of nitrogens with zero attached hydrogens (tertiary/aromatic N) is 1. The minimum absolute atomic E-state index is 0.206. The van der Waals surface area contributed by atoms with Crippen molar-refractivity contribution in [2.75, 3.05) is 32.7 Å². The maximum Gasteiger partial charge on any atom is 0.220 e. The Balaban J connectivity index is 1.50. The predicted octanol–water partition coefficient (Wildman–Crippen LogP) is 2.33. The summed E-state index contributed by atoms with van der Waals surface area (Å²) in [6.45, 7) is 5.20. The Morgan fingerprint density at radius 1 is 1.26 bits per heavy atom. The quantitative estimate of drug-likeness (QED) is 0.812. The highest BCUT2D eigenvalue weighted by molar-refractivity contribution is 5.75. The number of amides is 1. The smallest absolute Gasteiger partial charge is 0.220 e. The van der Waals surface area contributed by atoms with Gasteiger partial charge in [-0.1, -0.05) is 30.3 Å². The Labute approximate surface area is 139 Å². The zero-order chi connectivity index (χ0) is 15.9. The Morgan fingerprint density at radius 2 is 2.04 bits per heavy atom. The van der Waals surface area contributed by atoms with Gasteiger partial charge in [-0.25, -0.2) is 0 Å². The second kappa shape index (κ2) is 8.46. The number of carbonyl (C=O) groups is 1. The third-order valence-corrected chi connectivity index (χ3v) is 5.20. The van der Waals surface area contributed by atoms with Crippen molar-refractivity contribution in [3.05, 3.63) is 35.9 Å². The van der Waals surface area contributed by atoms with Gasteiger partial charge < -0.3 is 10.6 Å². The number of rotatable bonds is 7. The minimum Gasteiger partial charge on any atom is -0.354 e. The summed E-state index contributed by atoms with van der Waals surface area (Å²) < 4.78 is 0. The molecule has 0 saturated carbocycles. The van der Waals surface area contributed by atoms with Crippen molar-refractivity contribution in [3.8, 4) is 0 Å². The first kappa shape index (κ1) is 16.5. The number of nitrogens with one attached hydrogen (secondary N) is 2. The van der Waals surface area contributed by atoms with E-state index in [1.54, 1.807) is 0 Å². The lowest BCUT2D eigenvalue weighted by Gasteiger charge is -2.28. The lowest BCUT2D eigenvalue weighted by molar-refractivity contribution is -0.121. The molecule has 0 spiro atoms. The van der Waals surface area contributed by atoms with Crippen LogP contribution in [0.4, 0.5) is 0 Å². The molecule has 0 aromatic heterocycles. The summed E-state index contributed by atoms with van der Waals surface area (Å²) in [5.41, 5.74) is 1.31. The van der Waals surface area contributed by atoms with Crippen molar-refractivity contribution in [2.24, 2.45) is 5.92 Å². The molecule has 23 heavy (non-hydrogen) atoms. The summed E-state index contributed by atoms with van der Waals surface area (Å²) in [5, 5.41) is 6.55. The standard InChI is InChI=1S/C19H29N3O/c23-19(9-8-16-10-11-20-14-16)21-15-18(22-12-4-5-13-22)17-6-2-1-3-7-17/h1-3,6-7,16,18,20H,4-5,8-15H2,(H,21,23). The molecule has 2 heterocycles. The highest BCUT2D eigenvalue weighted by Crippen LogP contribution is 2.24. The van der Waals surface area contributed by atoms with Gasteiger partial charge in [0.2, 0.25) is 5.91 Å². The molecular weight excluding hydrogens is 286 g/mol. The molecule has 2 N–H and O–H groups in total. The summed E-state index contributed by atoms with van der Waals surface area (Å²) in [7, 11) is 0. The fraction of sp³-hybridized carbons (Fsp3) is 0.632. The van der Waals surface area contributed by atoms with Crippen LogP contribution in [-0.4, -0.2) is 43.5 Å². The Morgan fingerprint density at radius 3 is 2.74 bits per heavy atom. The number of hydrogen-bond acceptors (Lipinski definition) is 3. The summed E-state index contributed by atoms with van der Waals surface area (Å²) in [5.74, 6) is 0.890. The van der Waals surface area contributed by atoms with E-state index >= 15 is 0 Å². The molecule has 2 fully saturated rings. The van der Waals surface area contributed by atoms with E-state index in [0.717, 1.165) is 39.1 Å². The number of likely N-dealkylation sites (tertiary alicyclic amines) is 1. The van der Waals surface area contributed by atoms with Gasteiger partial charge in [-0.2, -0.15) is 0 Å². The maximum absolute atomic E-state index is 12.2. The highest BCUT2D eigenvalue weighted by atomic mass is 16.1. The van der Waals surface area contributed by atoms with Crippen LogP contribution in [0.15, 0.2) is 30.3 Å². The summed E-state index contributed by atoms with van der Waals surface area (Å²) in [4.78, 5) is 14.7. The Kier molecular flexibility index (Phi) is 6.06. The van der Waals surface area contributed by atoms with Crippen LogP contribution >= 0.6 is 0 Å². The zero-order valence-electron chi connectivity index (χ0n) is 14.0. The van der Waals surface area contributed by atoms with E-state index in [0.29, 0.717) is 18.4 Å². The van der Waals surface area contributed by atoms with E-state index in [2.05, 4.69) is 45.9 Å². The zero-order valence-corrected chi connectivity index (χ0v) is 14.0. The molecule has 126 valence electrons. The van der Waals surface area contributed by atoms with Gasteiger partial charge in [0.05, 0.1) is 6.04 Å². The average Bonchev–Trinajstić information content (AvgIpc) is 3.28. The largest absolute Gasteiger partial charge is 0.354 e. The van der Waals surface area contributed by atoms with Crippen LogP contribution in [-0.2, 0) is 4.79 Å². The van der Waals surface area contributed by atoms with Crippen LogP contribution in [0.25, 0.3) is 0 Å². The average molecular weight is 315 g/mol. The van der Waals surface area contributed by atoms with Gasteiger partial charge in [0.25, 0.3) is 0 Å². The van der Waals surface area contributed by atoms with E-state index in [1.807, 2.05) is 0 Å². The lowest BCUT2D eigenvalue weighted by atomic mass is 10.0. The molecule has 1 aromatic carbocycles. The topological polar surface area (TPSA) is 44.4 Å². The summed E-state index contributed by atoms with van der Waals surface area (Å²) >= 11 is 0. The molecule has 1 amide bonds. The number of carbonyl (C=O) groups excluding carboxylic acids is 1. The fourth-order valence-electron chi connectivity index (χ4n) is 3.78. The molecule has 2 atom stereocenters. The molecule has 3 rings (SSSR count). The molecule has 0 radical (unpaired) electrons. The highest BCUT2D eigenvalue weighted by Gasteiger charge is 2.24. The van der Waals surface area contributed by atoms with Crippen LogP contribution in [0.5, 0.6) is 0 Å². The van der Waals surface area contributed by atoms with Crippen molar-refractivity contribution in [2.45, 2.75) is 38.1 Å². The van der Waals surface area contributed by atoms with Gasteiger partial charge >= 0.3 is 0 Å². The molecule has 4 nitrogen and oxygen atoms in total. The van der Waals surface area contributed by atoms with Gasteiger partial charge in [-0.05, 0) is 63.3 Å². The number of hydrogen-bond donors (Lipinski definition) is 2. The molecule has 2 aliphatic rings. The van der Waals surface area contributed by atoms with E-state index in [4.69, 9.17) is 0 Å². The van der Waals surface area contributed by atoms with Crippen molar-refractivity contribution in [1.29, 1.82) is 0 Å². The first-order valence-corrected chi connectivity index (χ1v) is 9.09. The third-order valence-electron chi connectivity index (χ3n) is 5.20. The van der Waals surface area contributed by atoms with E-state index in [-0.39, 0.29) is 5.91 Å². The molecular formula is C19H29N3O. The second-order valence-electron chi connectivity index (χ2n) is 6.87. The van der Waals surface area contributed by atoms with Crippen LogP contribution in [0.2, 0.25) is 0 Å². The maximum atomic E-state index is 12.2. The van der Waals surface area contributed by atoms with Crippen LogP contribution < -0.4 is 10.6 Å². The summed E-state index contributed by atoms with van der Waals surface area (Å²) in [6, 6.07) is 10.9. The second-order valence-corrected chi connectivity index (χ2v) is 6.87. The van der Waals surface area contributed by atoms with E-state index in [1.165, 1.54) is 24.8 Å². The first-order chi connectivity index (χ1) is 11.3. The Hall–Kier alpha value is -1.39. The van der Waals surface area contributed by atoms with Gasteiger partial charge in [0.15, 0.2) is 0 Å². The SMILES string of the molecule is O=C(CCC1CCNC1)NCC(c1ccccc1)N1CCCC1. The lowest BCUT2D eigenvalue weighted by Crippen LogP contribution is -2.36. The third kappa shape index (κ3) is 4.79. The first-order valence-electron chi connectivity index (χ1n) is 9.09. The van der Waals surface area contributed by atoms with Crippen LogP contribution in [0, 0.1) is 5.92 Å². The molecule has 2 unspecified atom stereocenters. The monoisotopic (exact) mass is 315 g/mol. The van der Waals surface area contributed by atoms with Gasteiger partial charge in [-0.3, -0.25) is 9.69 Å². The molecule has 2 saturated heterocycles. The molecule has 0 aliphatic carbocycles. The van der Waals surface area contributed by atoms with Gasteiger partial charge in [0, 0.05) is 13.0 Å². The van der Waals surface area contributed by atoms with Crippen LogP contribution in [0.1, 0.15) is 43.7 Å². The molecule has 4 heteroatoms. The van der Waals surface area contributed by atoms with Crippen molar-refractivity contribution in [3.63, 3.8) is 0 Å². The number of benzene rings is 1. The van der Waals surface area contributed by atoms with Crippen molar-refractivity contribution < 1.29 is 4.79 Å². The molecule has 1 aromatic rings. The summed E-state index contributed by atoms with van der Waals surface area (Å²) in [6.07, 6.45) is 5.43. The minimum atomic E-state index is 0.206. The van der Waals surface area contributed by atoms with E-state index < -0.39 is 0 Å². The Bertz CT molecular complexity index is 479. The van der Waals surface area contributed by atoms with Crippen molar-refractivity contribution in [1.82, 2.24) is 15.5 Å². The van der Waals surface area contributed by atoms with Crippen LogP contribution in [0.3, 0.4) is 0 Å².